The first-order valence-corrected chi connectivity index (χ1v) is 8.98. The second kappa shape index (κ2) is 6.92. The van der Waals surface area contributed by atoms with Crippen molar-refractivity contribution in [3.05, 3.63) is 52.8 Å². The SMILES string of the molecule is Cc1nnc2ccc(N3CCC(NC(=O)c4cccc(Cl)c4)CC3)nn12. The number of amides is 1. The summed E-state index contributed by atoms with van der Waals surface area (Å²) in [6.45, 7) is 3.55. The molecule has 8 heteroatoms. The third kappa shape index (κ3) is 3.35. The molecule has 1 aliphatic rings. The summed E-state index contributed by atoms with van der Waals surface area (Å²) in [6.07, 6.45) is 1.74. The molecule has 3 heterocycles. The number of piperidine rings is 1. The van der Waals surface area contributed by atoms with Crippen molar-refractivity contribution in [3.8, 4) is 0 Å². The number of aryl methyl sites for hydroxylation is 1. The fourth-order valence-corrected chi connectivity index (χ4v) is 3.40. The van der Waals surface area contributed by atoms with Gasteiger partial charge in [0.15, 0.2) is 11.5 Å². The van der Waals surface area contributed by atoms with Gasteiger partial charge in [0.2, 0.25) is 0 Å². The normalized spacial score (nSPS) is 15.4. The maximum atomic E-state index is 12.4. The molecule has 0 aliphatic carbocycles. The van der Waals surface area contributed by atoms with E-state index >= 15 is 0 Å². The summed E-state index contributed by atoms with van der Waals surface area (Å²) in [6, 6.07) is 11.1. The lowest BCUT2D eigenvalue weighted by molar-refractivity contribution is 0.0931. The number of carbonyl (C=O) groups excluding carboxylic acids is 1. The Morgan fingerprint density at radius 1 is 1.19 bits per heavy atom. The fraction of sp³-hybridized carbons (Fsp3) is 0.333. The molecule has 4 rings (SSSR count). The zero-order chi connectivity index (χ0) is 18.1. The molecule has 1 aromatic carbocycles. The smallest absolute Gasteiger partial charge is 0.251 e. The number of benzene rings is 1. The van der Waals surface area contributed by atoms with Gasteiger partial charge >= 0.3 is 0 Å². The monoisotopic (exact) mass is 370 g/mol. The molecule has 0 bridgehead atoms. The minimum Gasteiger partial charge on any atom is -0.355 e. The zero-order valence-electron chi connectivity index (χ0n) is 14.4. The molecule has 26 heavy (non-hydrogen) atoms. The van der Waals surface area contributed by atoms with Crippen molar-refractivity contribution in [2.45, 2.75) is 25.8 Å². The van der Waals surface area contributed by atoms with E-state index in [0.717, 1.165) is 43.2 Å². The minimum absolute atomic E-state index is 0.0781. The molecule has 0 atom stereocenters. The van der Waals surface area contributed by atoms with Gasteiger partial charge in [0, 0.05) is 29.7 Å². The number of hydrogen-bond acceptors (Lipinski definition) is 5. The molecule has 1 aliphatic heterocycles. The number of fused-ring (bicyclic) bond motifs is 1. The van der Waals surface area contributed by atoms with E-state index in [2.05, 4.69) is 25.5 Å². The van der Waals surface area contributed by atoms with E-state index in [1.165, 1.54) is 0 Å². The van der Waals surface area contributed by atoms with E-state index in [9.17, 15) is 4.79 Å². The molecule has 0 unspecified atom stereocenters. The van der Waals surface area contributed by atoms with Crippen molar-refractivity contribution >= 4 is 29.0 Å². The number of rotatable bonds is 3. The van der Waals surface area contributed by atoms with Gasteiger partial charge in [-0.2, -0.15) is 4.52 Å². The van der Waals surface area contributed by atoms with Crippen LogP contribution in [0, 0.1) is 6.92 Å². The summed E-state index contributed by atoms with van der Waals surface area (Å²) in [7, 11) is 0. The van der Waals surface area contributed by atoms with Crippen molar-refractivity contribution in [2.75, 3.05) is 18.0 Å². The van der Waals surface area contributed by atoms with Gasteiger partial charge in [-0.1, -0.05) is 17.7 Å². The molecule has 1 amide bonds. The first-order valence-electron chi connectivity index (χ1n) is 8.60. The van der Waals surface area contributed by atoms with Crippen LogP contribution in [0.2, 0.25) is 5.02 Å². The first-order chi connectivity index (χ1) is 12.6. The number of carbonyl (C=O) groups is 1. The molecule has 7 nitrogen and oxygen atoms in total. The molecule has 1 saturated heterocycles. The summed E-state index contributed by atoms with van der Waals surface area (Å²) >= 11 is 5.96. The number of nitrogens with one attached hydrogen (secondary N) is 1. The molecule has 3 aromatic rings. The average molecular weight is 371 g/mol. The van der Waals surface area contributed by atoms with Gasteiger partial charge in [0.25, 0.3) is 5.91 Å². The number of anilines is 1. The molecule has 2 aromatic heterocycles. The lowest BCUT2D eigenvalue weighted by Gasteiger charge is -2.33. The summed E-state index contributed by atoms with van der Waals surface area (Å²) in [4.78, 5) is 14.6. The molecule has 0 spiro atoms. The van der Waals surface area contributed by atoms with E-state index in [1.807, 2.05) is 19.1 Å². The Bertz CT molecular complexity index is 948. The van der Waals surface area contributed by atoms with Gasteiger partial charge in [0.1, 0.15) is 5.82 Å². The molecule has 1 fully saturated rings. The maximum absolute atomic E-state index is 12.4. The Balaban J connectivity index is 1.39. The van der Waals surface area contributed by atoms with Crippen LogP contribution in [0.5, 0.6) is 0 Å². The van der Waals surface area contributed by atoms with Crippen LogP contribution >= 0.6 is 11.6 Å². The summed E-state index contributed by atoms with van der Waals surface area (Å²) in [5, 5.41) is 16.4. The van der Waals surface area contributed by atoms with E-state index in [4.69, 9.17) is 11.6 Å². The predicted molar refractivity (Wildman–Crippen MR) is 99.7 cm³/mol. The number of aromatic nitrogens is 4. The summed E-state index contributed by atoms with van der Waals surface area (Å²) in [5.74, 6) is 1.59. The summed E-state index contributed by atoms with van der Waals surface area (Å²) in [5.41, 5.74) is 1.34. The van der Waals surface area contributed by atoms with Crippen molar-refractivity contribution in [2.24, 2.45) is 0 Å². The average Bonchev–Trinajstić information content (AvgIpc) is 3.03. The van der Waals surface area contributed by atoms with Crippen molar-refractivity contribution in [3.63, 3.8) is 0 Å². The van der Waals surface area contributed by atoms with E-state index in [-0.39, 0.29) is 11.9 Å². The van der Waals surface area contributed by atoms with Crippen molar-refractivity contribution in [1.29, 1.82) is 0 Å². The second-order valence-corrected chi connectivity index (χ2v) is 6.89. The van der Waals surface area contributed by atoms with E-state index < -0.39 is 0 Å². The maximum Gasteiger partial charge on any atom is 0.251 e. The molecule has 1 N–H and O–H groups in total. The fourth-order valence-electron chi connectivity index (χ4n) is 3.21. The van der Waals surface area contributed by atoms with Gasteiger partial charge in [-0.15, -0.1) is 15.3 Å². The lowest BCUT2D eigenvalue weighted by Crippen LogP contribution is -2.45. The Morgan fingerprint density at radius 3 is 2.77 bits per heavy atom. The van der Waals surface area contributed by atoms with Crippen LogP contribution in [0.15, 0.2) is 36.4 Å². The van der Waals surface area contributed by atoms with Gasteiger partial charge in [0.05, 0.1) is 0 Å². The third-order valence-electron chi connectivity index (χ3n) is 4.65. The topological polar surface area (TPSA) is 75.4 Å². The lowest BCUT2D eigenvalue weighted by atomic mass is 10.0. The minimum atomic E-state index is -0.0781. The highest BCUT2D eigenvalue weighted by Crippen LogP contribution is 2.19. The molecule has 0 saturated carbocycles. The number of nitrogens with zero attached hydrogens (tertiary/aromatic N) is 5. The van der Waals surface area contributed by atoms with Crippen LogP contribution in [0.25, 0.3) is 5.65 Å². The predicted octanol–water partition coefficient (Wildman–Crippen LogP) is 2.48. The van der Waals surface area contributed by atoms with Gasteiger partial charge in [-0.05, 0) is 50.1 Å². The molecular weight excluding hydrogens is 352 g/mol. The Labute approximate surface area is 156 Å². The molecule has 134 valence electrons. The zero-order valence-corrected chi connectivity index (χ0v) is 15.1. The summed E-state index contributed by atoms with van der Waals surface area (Å²) < 4.78 is 1.75. The number of halogens is 1. The second-order valence-electron chi connectivity index (χ2n) is 6.45. The highest BCUT2D eigenvalue weighted by Gasteiger charge is 2.22. The quantitative estimate of drug-likeness (QED) is 0.766. The Kier molecular flexibility index (Phi) is 4.46. The van der Waals surface area contributed by atoms with Crippen LogP contribution in [-0.2, 0) is 0 Å². The Hall–Kier alpha value is -2.67. The van der Waals surface area contributed by atoms with E-state index in [1.54, 1.807) is 28.8 Å². The van der Waals surface area contributed by atoms with Crippen LogP contribution in [-0.4, -0.2) is 44.8 Å². The number of hydrogen-bond donors (Lipinski definition) is 1. The highest BCUT2D eigenvalue weighted by molar-refractivity contribution is 6.30. The van der Waals surface area contributed by atoms with Gasteiger partial charge in [-0.3, -0.25) is 4.79 Å². The standard InChI is InChI=1S/C18H19ClN6O/c1-12-21-22-16-5-6-17(23-25(12)16)24-9-7-15(8-10-24)20-18(26)13-3-2-4-14(19)11-13/h2-6,11,15H,7-10H2,1H3,(H,20,26). The van der Waals surface area contributed by atoms with Crippen LogP contribution in [0.3, 0.4) is 0 Å². The van der Waals surface area contributed by atoms with Crippen LogP contribution in [0.1, 0.15) is 29.0 Å². The molecular formula is C18H19ClN6O. The van der Waals surface area contributed by atoms with Crippen molar-refractivity contribution in [1.82, 2.24) is 25.1 Å². The van der Waals surface area contributed by atoms with Crippen molar-refractivity contribution < 1.29 is 4.79 Å². The first kappa shape index (κ1) is 16.8. The van der Waals surface area contributed by atoms with E-state index in [0.29, 0.717) is 10.6 Å². The molecule has 0 radical (unpaired) electrons. The van der Waals surface area contributed by atoms with Gasteiger partial charge < -0.3 is 10.2 Å². The van der Waals surface area contributed by atoms with Crippen LogP contribution in [0.4, 0.5) is 5.82 Å². The van der Waals surface area contributed by atoms with Gasteiger partial charge in [-0.25, -0.2) is 0 Å². The highest BCUT2D eigenvalue weighted by atomic mass is 35.5. The van der Waals surface area contributed by atoms with Crippen LogP contribution < -0.4 is 10.2 Å². The third-order valence-corrected chi connectivity index (χ3v) is 4.88. The Morgan fingerprint density at radius 2 is 2.00 bits per heavy atom. The largest absolute Gasteiger partial charge is 0.355 e.